The number of ether oxygens (including phenoxy) is 1. The van der Waals surface area contributed by atoms with Gasteiger partial charge in [0.2, 0.25) is 0 Å². The lowest BCUT2D eigenvalue weighted by Crippen LogP contribution is -2.31. The average molecular weight is 383 g/mol. The molecule has 8 nitrogen and oxygen atoms in total. The Labute approximate surface area is 150 Å². The number of nitrogens with one attached hydrogen (secondary N) is 1. The monoisotopic (exact) mass is 383 g/mol. The number of esters is 1. The first-order valence-electron chi connectivity index (χ1n) is 7.38. The summed E-state index contributed by atoms with van der Waals surface area (Å²) in [5.41, 5.74) is -2.95. The van der Waals surface area contributed by atoms with Crippen LogP contribution in [0.1, 0.15) is 23.0 Å². The van der Waals surface area contributed by atoms with Crippen molar-refractivity contribution in [2.24, 2.45) is 0 Å². The Morgan fingerprint density at radius 1 is 1.26 bits per heavy atom. The number of carbonyl (C=O) groups is 2. The molecule has 1 atom stereocenters. The number of hydrogen-bond donors (Lipinski definition) is 1. The summed E-state index contributed by atoms with van der Waals surface area (Å²) in [6, 6.07) is 6.29. The van der Waals surface area contributed by atoms with Crippen LogP contribution in [0.2, 0.25) is 0 Å². The molecular formula is C16H12F3N3O5. The van der Waals surface area contributed by atoms with Crippen molar-refractivity contribution in [2.45, 2.75) is 19.2 Å². The van der Waals surface area contributed by atoms with Gasteiger partial charge in [-0.1, -0.05) is 6.07 Å². The van der Waals surface area contributed by atoms with Gasteiger partial charge in [0.1, 0.15) is 5.69 Å². The van der Waals surface area contributed by atoms with E-state index >= 15 is 0 Å². The van der Waals surface area contributed by atoms with Gasteiger partial charge in [0.15, 0.2) is 6.10 Å². The number of benzene rings is 1. The number of aromatic nitrogens is 1. The Hall–Kier alpha value is -3.50. The molecule has 2 rings (SSSR count). The largest absolute Gasteiger partial charge is 0.448 e. The van der Waals surface area contributed by atoms with Gasteiger partial charge in [-0.25, -0.2) is 9.78 Å². The second-order valence-electron chi connectivity index (χ2n) is 5.24. The fraction of sp³-hybridized carbons (Fsp3) is 0.188. The second kappa shape index (κ2) is 7.81. The van der Waals surface area contributed by atoms with Crippen LogP contribution in [0, 0.1) is 10.1 Å². The van der Waals surface area contributed by atoms with Crippen LogP contribution < -0.4 is 5.32 Å². The first kappa shape index (κ1) is 19.8. The van der Waals surface area contributed by atoms with Crippen LogP contribution >= 0.6 is 0 Å². The minimum absolute atomic E-state index is 0.0801. The van der Waals surface area contributed by atoms with Gasteiger partial charge in [-0.15, -0.1) is 0 Å². The number of halogens is 3. The van der Waals surface area contributed by atoms with Crippen molar-refractivity contribution in [3.05, 3.63) is 64.0 Å². The van der Waals surface area contributed by atoms with Crippen molar-refractivity contribution in [1.82, 2.24) is 4.98 Å². The van der Waals surface area contributed by atoms with Crippen LogP contribution in [0.5, 0.6) is 0 Å². The lowest BCUT2D eigenvalue weighted by atomic mass is 10.1. The van der Waals surface area contributed by atoms with Crippen LogP contribution in [0.25, 0.3) is 0 Å². The molecule has 2 aromatic rings. The molecule has 142 valence electrons. The highest BCUT2D eigenvalue weighted by Gasteiger charge is 2.36. The van der Waals surface area contributed by atoms with E-state index in [0.29, 0.717) is 6.07 Å². The minimum Gasteiger partial charge on any atom is -0.448 e. The van der Waals surface area contributed by atoms with E-state index in [9.17, 15) is 32.9 Å². The number of nitro groups is 1. The number of amides is 1. The van der Waals surface area contributed by atoms with Gasteiger partial charge in [-0.05, 0) is 25.1 Å². The average Bonchev–Trinajstić information content (AvgIpc) is 2.61. The van der Waals surface area contributed by atoms with E-state index in [1.807, 2.05) is 5.32 Å². The summed E-state index contributed by atoms with van der Waals surface area (Å²) in [6.45, 7) is 1.16. The van der Waals surface area contributed by atoms with Gasteiger partial charge < -0.3 is 10.1 Å². The maximum Gasteiger partial charge on any atom is 0.418 e. The highest BCUT2D eigenvalue weighted by Crippen LogP contribution is 2.37. The third-order valence-electron chi connectivity index (χ3n) is 3.30. The second-order valence-corrected chi connectivity index (χ2v) is 5.24. The molecule has 1 aromatic carbocycles. The maximum atomic E-state index is 13.1. The number of alkyl halides is 3. The van der Waals surface area contributed by atoms with Gasteiger partial charge in [-0.3, -0.25) is 14.9 Å². The van der Waals surface area contributed by atoms with E-state index < -0.39 is 46.0 Å². The molecule has 11 heteroatoms. The first-order valence-corrected chi connectivity index (χ1v) is 7.38. The minimum atomic E-state index is -4.94. The molecule has 1 amide bonds. The van der Waals surface area contributed by atoms with E-state index in [0.717, 1.165) is 19.1 Å². The summed E-state index contributed by atoms with van der Waals surface area (Å²) < 4.78 is 44.2. The predicted octanol–water partition coefficient (Wildman–Crippen LogP) is 3.19. The Bertz CT molecular complexity index is 871. The van der Waals surface area contributed by atoms with Crippen LogP contribution in [0.3, 0.4) is 0 Å². The summed E-state index contributed by atoms with van der Waals surface area (Å²) in [5.74, 6) is -1.98. The highest BCUT2D eigenvalue weighted by atomic mass is 19.4. The zero-order chi connectivity index (χ0) is 20.2. The maximum absolute atomic E-state index is 13.1. The Morgan fingerprint density at radius 2 is 1.96 bits per heavy atom. The summed E-state index contributed by atoms with van der Waals surface area (Å²) in [7, 11) is 0. The smallest absolute Gasteiger partial charge is 0.418 e. The molecule has 0 saturated carbocycles. The third kappa shape index (κ3) is 5.00. The molecule has 0 saturated heterocycles. The SMILES string of the molecule is CC(OC(=O)c1ccccn1)C(=O)Nc1ccc([N+](=O)[O-])cc1C(F)(F)F. The number of nitrogens with zero attached hydrogens (tertiary/aromatic N) is 2. The third-order valence-corrected chi connectivity index (χ3v) is 3.30. The molecule has 0 bridgehead atoms. The molecule has 0 aliphatic rings. The molecule has 0 aliphatic carbocycles. The number of hydrogen-bond acceptors (Lipinski definition) is 6. The van der Waals surface area contributed by atoms with Gasteiger partial charge >= 0.3 is 12.1 Å². The molecule has 0 radical (unpaired) electrons. The fourth-order valence-corrected chi connectivity index (χ4v) is 1.98. The summed E-state index contributed by atoms with van der Waals surface area (Å²) in [4.78, 5) is 37.3. The highest BCUT2D eigenvalue weighted by molar-refractivity contribution is 5.97. The first-order chi connectivity index (χ1) is 12.6. The van der Waals surface area contributed by atoms with Crippen LogP contribution in [-0.4, -0.2) is 27.9 Å². The van der Waals surface area contributed by atoms with Crippen molar-refractivity contribution >= 4 is 23.3 Å². The number of nitro benzene ring substituents is 1. The van der Waals surface area contributed by atoms with Crippen molar-refractivity contribution in [1.29, 1.82) is 0 Å². The van der Waals surface area contributed by atoms with Gasteiger partial charge in [-0.2, -0.15) is 13.2 Å². The molecule has 1 heterocycles. The van der Waals surface area contributed by atoms with Crippen LogP contribution in [-0.2, 0) is 15.7 Å². The zero-order valence-electron chi connectivity index (χ0n) is 13.7. The number of rotatable bonds is 5. The van der Waals surface area contributed by atoms with Crippen molar-refractivity contribution < 1.29 is 32.4 Å². The summed E-state index contributed by atoms with van der Waals surface area (Å²) >= 11 is 0. The number of carbonyl (C=O) groups excluding carboxylic acids is 2. The number of pyridine rings is 1. The summed E-state index contributed by atoms with van der Waals surface area (Å²) in [5, 5.41) is 12.6. The molecular weight excluding hydrogens is 371 g/mol. The van der Waals surface area contributed by atoms with E-state index in [1.54, 1.807) is 6.07 Å². The van der Waals surface area contributed by atoms with Crippen LogP contribution in [0.4, 0.5) is 24.5 Å². The quantitative estimate of drug-likeness (QED) is 0.482. The molecule has 0 aliphatic heterocycles. The lowest BCUT2D eigenvalue weighted by molar-refractivity contribution is -0.385. The van der Waals surface area contributed by atoms with E-state index in [1.165, 1.54) is 18.3 Å². The number of non-ortho nitro benzene ring substituents is 1. The van der Waals surface area contributed by atoms with E-state index in [-0.39, 0.29) is 5.69 Å². The topological polar surface area (TPSA) is 111 Å². The summed E-state index contributed by atoms with van der Waals surface area (Å²) in [6.07, 6.45) is -5.05. The van der Waals surface area contributed by atoms with E-state index in [4.69, 9.17) is 4.74 Å². The van der Waals surface area contributed by atoms with Crippen molar-refractivity contribution in [2.75, 3.05) is 5.32 Å². The van der Waals surface area contributed by atoms with Gasteiger partial charge in [0, 0.05) is 18.3 Å². The molecule has 0 fully saturated rings. The lowest BCUT2D eigenvalue weighted by Gasteiger charge is -2.16. The normalized spacial score (nSPS) is 12.1. The Morgan fingerprint density at radius 3 is 2.52 bits per heavy atom. The van der Waals surface area contributed by atoms with Crippen molar-refractivity contribution in [3.8, 4) is 0 Å². The van der Waals surface area contributed by atoms with Crippen molar-refractivity contribution in [3.63, 3.8) is 0 Å². The number of anilines is 1. The van der Waals surface area contributed by atoms with Gasteiger partial charge in [0.05, 0.1) is 16.2 Å². The predicted molar refractivity (Wildman–Crippen MR) is 85.8 cm³/mol. The zero-order valence-corrected chi connectivity index (χ0v) is 13.7. The van der Waals surface area contributed by atoms with Crippen LogP contribution in [0.15, 0.2) is 42.6 Å². The molecule has 1 unspecified atom stereocenters. The molecule has 1 aromatic heterocycles. The van der Waals surface area contributed by atoms with E-state index in [2.05, 4.69) is 4.98 Å². The molecule has 27 heavy (non-hydrogen) atoms. The molecule has 0 spiro atoms. The molecule has 1 N–H and O–H groups in total. The Kier molecular flexibility index (Phi) is 5.73. The standard InChI is InChI=1S/C16H12F3N3O5/c1-9(27-15(24)13-4-2-3-7-20-13)14(23)21-12-6-5-10(22(25)26)8-11(12)16(17,18)19/h2-9H,1H3,(H,21,23). The van der Waals surface area contributed by atoms with Gasteiger partial charge in [0.25, 0.3) is 11.6 Å². The fourth-order valence-electron chi connectivity index (χ4n) is 1.98. The Balaban J connectivity index is 2.17.